The molecule has 0 bridgehead atoms. The molecule has 0 unspecified atom stereocenters. The minimum absolute atomic E-state index is 0.502. The highest BCUT2D eigenvalue weighted by atomic mass is 15.0. The van der Waals surface area contributed by atoms with Gasteiger partial charge in [-0.2, -0.15) is 0 Å². The van der Waals surface area contributed by atoms with Gasteiger partial charge in [-0.25, -0.2) is 0 Å². The topological polar surface area (TPSA) is 17.0 Å². The summed E-state index contributed by atoms with van der Waals surface area (Å²) in [6.45, 7) is 0. The molecule has 2 nitrogen and oxygen atoms in total. The summed E-state index contributed by atoms with van der Waals surface area (Å²) in [7, 11) is 0. The second-order valence-corrected chi connectivity index (χ2v) is 16.5. The summed E-state index contributed by atoms with van der Waals surface area (Å²) in [6, 6.07) is 90.9. The Morgan fingerprint density at radius 3 is 1.67 bits per heavy atom. The normalized spacial score (nSPS) is 12.6. The van der Waals surface area contributed by atoms with E-state index in [1.54, 1.807) is 0 Å². The summed E-state index contributed by atoms with van der Waals surface area (Å²) in [5.74, 6) is 0. The van der Waals surface area contributed by atoms with Gasteiger partial charge in [0, 0.05) is 33.4 Å². The van der Waals surface area contributed by atoms with Crippen LogP contribution in [0.5, 0.6) is 0 Å². The molecule has 0 amide bonds. The third-order valence-corrected chi connectivity index (χ3v) is 13.1. The van der Waals surface area contributed by atoms with Gasteiger partial charge in [0.05, 0.1) is 16.4 Å². The number of para-hydroxylation sites is 2. The Balaban J connectivity index is 1.07. The molecule has 0 atom stereocenters. The molecule has 0 aliphatic heterocycles. The summed E-state index contributed by atoms with van der Waals surface area (Å²) >= 11 is 0. The molecule has 296 valence electrons. The van der Waals surface area contributed by atoms with Crippen molar-refractivity contribution in [1.82, 2.24) is 4.57 Å². The van der Waals surface area contributed by atoms with Gasteiger partial charge in [-0.15, -0.1) is 0 Å². The number of aromatic nitrogens is 1. The Hall–Kier alpha value is -8.20. The molecule has 1 N–H and O–H groups in total. The fourth-order valence-electron chi connectivity index (χ4n) is 10.3. The molecule has 0 fully saturated rings. The number of rotatable bonds is 8. The zero-order chi connectivity index (χ0) is 41.7. The Morgan fingerprint density at radius 2 is 0.889 bits per heavy atom. The summed E-state index contributed by atoms with van der Waals surface area (Å²) in [4.78, 5) is 0. The quantitative estimate of drug-likeness (QED) is 0.162. The van der Waals surface area contributed by atoms with Crippen molar-refractivity contribution in [2.45, 2.75) is 5.41 Å². The monoisotopic (exact) mass is 802 g/mol. The largest absolute Gasteiger partial charge is 0.355 e. The molecule has 1 aromatic heterocycles. The van der Waals surface area contributed by atoms with Crippen LogP contribution in [0.3, 0.4) is 0 Å². The molecule has 1 heterocycles. The van der Waals surface area contributed by atoms with Crippen LogP contribution in [0.4, 0.5) is 11.4 Å². The van der Waals surface area contributed by atoms with E-state index in [1.807, 2.05) is 0 Å². The highest BCUT2D eigenvalue weighted by Gasteiger charge is 2.46. The van der Waals surface area contributed by atoms with E-state index in [0.717, 1.165) is 33.8 Å². The fourth-order valence-corrected chi connectivity index (χ4v) is 10.3. The molecule has 2 heteroatoms. The van der Waals surface area contributed by atoms with Gasteiger partial charge in [0.25, 0.3) is 0 Å². The Kier molecular flexibility index (Phi) is 8.76. The van der Waals surface area contributed by atoms with E-state index in [9.17, 15) is 0 Å². The number of nitrogens with zero attached hydrogens (tertiary/aromatic N) is 1. The van der Waals surface area contributed by atoms with Crippen LogP contribution < -0.4 is 5.32 Å². The third kappa shape index (κ3) is 6.02. The van der Waals surface area contributed by atoms with E-state index in [1.165, 1.54) is 71.9 Å². The van der Waals surface area contributed by atoms with E-state index in [4.69, 9.17) is 0 Å². The molecule has 0 saturated carbocycles. The van der Waals surface area contributed by atoms with Crippen LogP contribution in [0.15, 0.2) is 249 Å². The molecular formula is C61H42N2. The van der Waals surface area contributed by atoms with Crippen LogP contribution in [0, 0.1) is 0 Å². The second-order valence-electron chi connectivity index (χ2n) is 16.5. The fraction of sp³-hybridized carbons (Fsp3) is 0.0164. The van der Waals surface area contributed by atoms with Crippen molar-refractivity contribution in [1.29, 1.82) is 0 Å². The van der Waals surface area contributed by atoms with Crippen molar-refractivity contribution in [2.75, 3.05) is 5.32 Å². The van der Waals surface area contributed by atoms with Crippen molar-refractivity contribution in [3.63, 3.8) is 0 Å². The predicted octanol–water partition coefficient (Wildman–Crippen LogP) is 15.9. The molecule has 0 radical (unpaired) electrons. The highest BCUT2D eigenvalue weighted by Crippen LogP contribution is 2.57. The smallest absolute Gasteiger partial charge is 0.0713 e. The Morgan fingerprint density at radius 1 is 0.317 bits per heavy atom. The summed E-state index contributed by atoms with van der Waals surface area (Å²) in [5.41, 5.74) is 19.8. The van der Waals surface area contributed by atoms with Crippen molar-refractivity contribution in [3.8, 4) is 50.2 Å². The van der Waals surface area contributed by atoms with Gasteiger partial charge < -0.3 is 9.88 Å². The van der Waals surface area contributed by atoms with Gasteiger partial charge in [0.15, 0.2) is 0 Å². The highest BCUT2D eigenvalue weighted by molar-refractivity contribution is 6.10. The van der Waals surface area contributed by atoms with E-state index in [2.05, 4.69) is 259 Å². The molecule has 11 aromatic rings. The predicted molar refractivity (Wildman–Crippen MR) is 264 cm³/mol. The summed E-state index contributed by atoms with van der Waals surface area (Å²) < 4.78 is 2.38. The second kappa shape index (κ2) is 15.1. The van der Waals surface area contributed by atoms with Gasteiger partial charge in [-0.3, -0.25) is 0 Å². The molecule has 0 spiro atoms. The minimum Gasteiger partial charge on any atom is -0.355 e. The Labute approximate surface area is 368 Å². The van der Waals surface area contributed by atoms with Gasteiger partial charge in [0.1, 0.15) is 0 Å². The molecule has 0 saturated heterocycles. The first-order valence-electron chi connectivity index (χ1n) is 21.8. The van der Waals surface area contributed by atoms with Gasteiger partial charge >= 0.3 is 0 Å². The van der Waals surface area contributed by atoms with E-state index >= 15 is 0 Å². The lowest BCUT2D eigenvalue weighted by molar-refractivity contribution is 0.769. The molecule has 12 rings (SSSR count). The average molecular weight is 803 g/mol. The number of nitrogens with one attached hydrogen (secondary N) is 1. The average Bonchev–Trinajstić information content (AvgIpc) is 3.85. The van der Waals surface area contributed by atoms with Crippen LogP contribution in [0.25, 0.3) is 72.0 Å². The maximum Gasteiger partial charge on any atom is 0.0713 e. The first-order chi connectivity index (χ1) is 31.2. The third-order valence-electron chi connectivity index (χ3n) is 13.1. The van der Waals surface area contributed by atoms with Crippen LogP contribution in [-0.2, 0) is 5.41 Å². The molecular weight excluding hydrogens is 761 g/mol. The Bertz CT molecular complexity index is 3420. The molecule has 1 aliphatic rings. The summed E-state index contributed by atoms with van der Waals surface area (Å²) in [5, 5.41) is 6.38. The number of hydrogen-bond acceptors (Lipinski definition) is 1. The standard InChI is InChI=1S/C61H42N2/c1-5-18-42(19-6-1)43-20-17-25-49(38-43)62-58-36-33-44(45-34-37-60-55(40-45)53-29-14-16-31-59(53)63(60)50-26-11-4-12-27-50)39-54(58)46-32-35-52-51-28-13-15-30-56(51)61(57(52)41-46,47-21-7-2-8-22-47)48-23-9-3-10-24-48/h1-41,62H. The lowest BCUT2D eigenvalue weighted by Crippen LogP contribution is -2.28. The molecule has 63 heavy (non-hydrogen) atoms. The van der Waals surface area contributed by atoms with Crippen LogP contribution in [0.1, 0.15) is 22.3 Å². The van der Waals surface area contributed by atoms with Crippen molar-refractivity contribution < 1.29 is 0 Å². The van der Waals surface area contributed by atoms with Crippen LogP contribution in [0.2, 0.25) is 0 Å². The molecule has 10 aromatic carbocycles. The number of benzene rings is 10. The van der Waals surface area contributed by atoms with Crippen molar-refractivity contribution >= 4 is 33.2 Å². The minimum atomic E-state index is -0.502. The first kappa shape index (κ1) is 36.6. The number of fused-ring (bicyclic) bond motifs is 6. The maximum absolute atomic E-state index is 3.90. The van der Waals surface area contributed by atoms with Gasteiger partial charge in [0.2, 0.25) is 0 Å². The van der Waals surface area contributed by atoms with Crippen molar-refractivity contribution in [3.05, 3.63) is 271 Å². The summed E-state index contributed by atoms with van der Waals surface area (Å²) in [6.07, 6.45) is 0. The van der Waals surface area contributed by atoms with Crippen LogP contribution >= 0.6 is 0 Å². The number of anilines is 2. The lowest BCUT2D eigenvalue weighted by atomic mass is 9.67. The maximum atomic E-state index is 3.90. The van der Waals surface area contributed by atoms with E-state index in [-0.39, 0.29) is 0 Å². The van der Waals surface area contributed by atoms with E-state index in [0.29, 0.717) is 0 Å². The first-order valence-corrected chi connectivity index (χ1v) is 21.8. The zero-order valence-electron chi connectivity index (χ0n) is 34.6. The van der Waals surface area contributed by atoms with Gasteiger partial charge in [-0.05, 0) is 122 Å². The lowest BCUT2D eigenvalue weighted by Gasteiger charge is -2.34. The SMILES string of the molecule is c1ccc(-c2cccc(Nc3ccc(-c4ccc5c(c4)c4ccccc4n5-c4ccccc4)cc3-c3ccc4c(c3)C(c3ccccc3)(c3ccccc3)c3ccccc3-4)c2)cc1. The van der Waals surface area contributed by atoms with Gasteiger partial charge in [-0.1, -0.05) is 188 Å². The van der Waals surface area contributed by atoms with Crippen molar-refractivity contribution in [2.24, 2.45) is 0 Å². The molecule has 1 aliphatic carbocycles. The zero-order valence-corrected chi connectivity index (χ0v) is 34.6. The number of hydrogen-bond donors (Lipinski definition) is 1. The van der Waals surface area contributed by atoms with Crippen LogP contribution in [-0.4, -0.2) is 4.57 Å². The van der Waals surface area contributed by atoms with E-state index < -0.39 is 5.41 Å².